The minimum Gasteiger partial charge on any atom is -0.399 e. The summed E-state index contributed by atoms with van der Waals surface area (Å²) in [6.45, 7) is 3.86. The monoisotopic (exact) mass is 283 g/mol. The van der Waals surface area contributed by atoms with Gasteiger partial charge in [0, 0.05) is 36.7 Å². The lowest BCUT2D eigenvalue weighted by molar-refractivity contribution is 0.102. The summed E-state index contributed by atoms with van der Waals surface area (Å²) in [5.41, 5.74) is 11.0. The Morgan fingerprint density at radius 1 is 1.05 bits per heavy atom. The molecule has 1 amide bonds. The van der Waals surface area contributed by atoms with E-state index in [1.165, 1.54) is 0 Å². The Morgan fingerprint density at radius 3 is 2.24 bits per heavy atom. The molecule has 2 rings (SSSR count). The number of rotatable bonds is 3. The van der Waals surface area contributed by atoms with Crippen molar-refractivity contribution in [2.75, 3.05) is 30.0 Å². The molecule has 110 valence electrons. The highest BCUT2D eigenvalue weighted by Gasteiger charge is 2.09. The zero-order chi connectivity index (χ0) is 15.6. The van der Waals surface area contributed by atoms with Gasteiger partial charge in [-0.25, -0.2) is 0 Å². The molecular formula is C17H21N3O. The molecule has 0 spiro atoms. The summed E-state index contributed by atoms with van der Waals surface area (Å²) in [6.07, 6.45) is 0. The van der Waals surface area contributed by atoms with Gasteiger partial charge in [-0.05, 0) is 61.4 Å². The van der Waals surface area contributed by atoms with Crippen LogP contribution in [0.1, 0.15) is 21.5 Å². The molecule has 4 heteroatoms. The predicted molar refractivity (Wildman–Crippen MR) is 89.1 cm³/mol. The van der Waals surface area contributed by atoms with Crippen molar-refractivity contribution in [2.45, 2.75) is 13.8 Å². The van der Waals surface area contributed by atoms with E-state index in [4.69, 9.17) is 5.73 Å². The Morgan fingerprint density at radius 2 is 1.67 bits per heavy atom. The highest BCUT2D eigenvalue weighted by Crippen LogP contribution is 2.23. The summed E-state index contributed by atoms with van der Waals surface area (Å²) in [6, 6.07) is 11.3. The topological polar surface area (TPSA) is 58.4 Å². The standard InChI is InChI=1S/C17H21N3O/c1-11-10-16(12(2)9-15(11)18)19-17(21)13-5-7-14(8-6-13)20(3)4/h5-10H,18H2,1-4H3,(H,19,21). The van der Waals surface area contributed by atoms with Crippen molar-refractivity contribution in [2.24, 2.45) is 0 Å². The molecule has 0 aliphatic carbocycles. The maximum absolute atomic E-state index is 12.3. The lowest BCUT2D eigenvalue weighted by Gasteiger charge is -2.14. The molecule has 0 aromatic heterocycles. The Balaban J connectivity index is 2.20. The van der Waals surface area contributed by atoms with Crippen LogP contribution in [0, 0.1) is 13.8 Å². The zero-order valence-corrected chi connectivity index (χ0v) is 12.9. The van der Waals surface area contributed by atoms with Crippen molar-refractivity contribution in [1.29, 1.82) is 0 Å². The summed E-state index contributed by atoms with van der Waals surface area (Å²) in [5.74, 6) is -0.118. The summed E-state index contributed by atoms with van der Waals surface area (Å²) >= 11 is 0. The van der Waals surface area contributed by atoms with Gasteiger partial charge in [0.05, 0.1) is 0 Å². The van der Waals surface area contributed by atoms with Crippen LogP contribution in [0.3, 0.4) is 0 Å². The van der Waals surface area contributed by atoms with Gasteiger partial charge in [0.1, 0.15) is 0 Å². The van der Waals surface area contributed by atoms with Crippen LogP contribution in [0.15, 0.2) is 36.4 Å². The summed E-state index contributed by atoms with van der Waals surface area (Å²) in [5, 5.41) is 2.94. The second kappa shape index (κ2) is 5.87. The molecule has 2 aromatic carbocycles. The molecule has 0 radical (unpaired) electrons. The van der Waals surface area contributed by atoms with E-state index < -0.39 is 0 Å². The number of nitrogens with zero attached hydrogens (tertiary/aromatic N) is 1. The summed E-state index contributed by atoms with van der Waals surface area (Å²) < 4.78 is 0. The number of hydrogen-bond donors (Lipinski definition) is 2. The van der Waals surface area contributed by atoms with Gasteiger partial charge in [-0.1, -0.05) is 0 Å². The molecule has 2 aromatic rings. The molecule has 0 aliphatic rings. The van der Waals surface area contributed by atoms with Crippen LogP contribution in [-0.4, -0.2) is 20.0 Å². The molecule has 0 saturated carbocycles. The second-order valence-electron chi connectivity index (χ2n) is 5.42. The molecular weight excluding hydrogens is 262 g/mol. The summed E-state index contributed by atoms with van der Waals surface area (Å²) in [7, 11) is 3.94. The van der Waals surface area contributed by atoms with Crippen LogP contribution in [0.2, 0.25) is 0 Å². The van der Waals surface area contributed by atoms with E-state index in [0.29, 0.717) is 5.56 Å². The van der Waals surface area contributed by atoms with E-state index in [1.54, 1.807) is 0 Å². The number of hydrogen-bond acceptors (Lipinski definition) is 3. The van der Waals surface area contributed by atoms with Crippen molar-refractivity contribution in [3.8, 4) is 0 Å². The van der Waals surface area contributed by atoms with E-state index >= 15 is 0 Å². The average Bonchev–Trinajstić information content (AvgIpc) is 2.44. The Bertz CT molecular complexity index is 660. The van der Waals surface area contributed by atoms with Crippen molar-refractivity contribution in [1.82, 2.24) is 0 Å². The van der Waals surface area contributed by atoms with Crippen LogP contribution >= 0.6 is 0 Å². The number of carbonyl (C=O) groups is 1. The number of carbonyl (C=O) groups excluding carboxylic acids is 1. The van der Waals surface area contributed by atoms with Gasteiger partial charge < -0.3 is 16.0 Å². The third-order valence-electron chi connectivity index (χ3n) is 3.51. The normalized spacial score (nSPS) is 10.3. The van der Waals surface area contributed by atoms with Crippen molar-refractivity contribution in [3.05, 3.63) is 53.1 Å². The van der Waals surface area contributed by atoms with Gasteiger partial charge in [0.25, 0.3) is 5.91 Å². The minimum atomic E-state index is -0.118. The van der Waals surface area contributed by atoms with Crippen LogP contribution in [-0.2, 0) is 0 Å². The number of benzene rings is 2. The molecule has 4 nitrogen and oxygen atoms in total. The van der Waals surface area contributed by atoms with E-state index in [9.17, 15) is 4.79 Å². The largest absolute Gasteiger partial charge is 0.399 e. The van der Waals surface area contributed by atoms with E-state index in [-0.39, 0.29) is 5.91 Å². The molecule has 21 heavy (non-hydrogen) atoms. The fraction of sp³-hybridized carbons (Fsp3) is 0.235. The third kappa shape index (κ3) is 3.34. The molecule has 0 bridgehead atoms. The molecule has 0 saturated heterocycles. The highest BCUT2D eigenvalue weighted by molar-refractivity contribution is 6.05. The fourth-order valence-electron chi connectivity index (χ4n) is 2.08. The van der Waals surface area contributed by atoms with Crippen LogP contribution < -0.4 is 16.0 Å². The highest BCUT2D eigenvalue weighted by atomic mass is 16.1. The number of aryl methyl sites for hydroxylation is 2. The van der Waals surface area contributed by atoms with E-state index in [2.05, 4.69) is 5.32 Å². The van der Waals surface area contributed by atoms with Crippen molar-refractivity contribution >= 4 is 23.0 Å². The number of amides is 1. The van der Waals surface area contributed by atoms with Crippen molar-refractivity contribution < 1.29 is 4.79 Å². The van der Waals surface area contributed by atoms with Crippen LogP contribution in [0.25, 0.3) is 0 Å². The van der Waals surface area contributed by atoms with Gasteiger partial charge in [0.15, 0.2) is 0 Å². The third-order valence-corrected chi connectivity index (χ3v) is 3.51. The van der Waals surface area contributed by atoms with Crippen molar-refractivity contribution in [3.63, 3.8) is 0 Å². The number of anilines is 3. The average molecular weight is 283 g/mol. The zero-order valence-electron chi connectivity index (χ0n) is 12.9. The minimum absolute atomic E-state index is 0.118. The first-order valence-electron chi connectivity index (χ1n) is 6.84. The first-order valence-corrected chi connectivity index (χ1v) is 6.84. The lowest BCUT2D eigenvalue weighted by Crippen LogP contribution is -2.14. The lowest BCUT2D eigenvalue weighted by atomic mass is 10.1. The molecule has 0 heterocycles. The van der Waals surface area contributed by atoms with Gasteiger partial charge >= 0.3 is 0 Å². The molecule has 3 N–H and O–H groups in total. The molecule has 0 unspecified atom stereocenters. The number of nitrogens with one attached hydrogen (secondary N) is 1. The van der Waals surface area contributed by atoms with E-state index in [1.807, 2.05) is 69.2 Å². The van der Waals surface area contributed by atoms with Gasteiger partial charge in [-0.15, -0.1) is 0 Å². The van der Waals surface area contributed by atoms with Crippen LogP contribution in [0.4, 0.5) is 17.1 Å². The Hall–Kier alpha value is -2.49. The first-order chi connectivity index (χ1) is 9.88. The molecule has 0 aliphatic heterocycles. The smallest absolute Gasteiger partial charge is 0.255 e. The summed E-state index contributed by atoms with van der Waals surface area (Å²) in [4.78, 5) is 14.3. The first kappa shape index (κ1) is 14.9. The SMILES string of the molecule is Cc1cc(NC(=O)c2ccc(N(C)C)cc2)c(C)cc1N. The predicted octanol–water partition coefficient (Wildman–Crippen LogP) is 3.20. The quantitative estimate of drug-likeness (QED) is 0.850. The Labute approximate surface area is 125 Å². The van der Waals surface area contributed by atoms with Gasteiger partial charge in [-0.2, -0.15) is 0 Å². The fourth-order valence-corrected chi connectivity index (χ4v) is 2.08. The van der Waals surface area contributed by atoms with E-state index in [0.717, 1.165) is 28.2 Å². The maximum atomic E-state index is 12.3. The second-order valence-corrected chi connectivity index (χ2v) is 5.42. The number of nitrogen functional groups attached to an aromatic ring is 1. The number of nitrogens with two attached hydrogens (primary N) is 1. The maximum Gasteiger partial charge on any atom is 0.255 e. The van der Waals surface area contributed by atoms with Gasteiger partial charge in [0.2, 0.25) is 0 Å². The van der Waals surface area contributed by atoms with Gasteiger partial charge in [-0.3, -0.25) is 4.79 Å². The molecule has 0 fully saturated rings. The van der Waals surface area contributed by atoms with Crippen LogP contribution in [0.5, 0.6) is 0 Å². The molecule has 0 atom stereocenters. The Kier molecular flexibility index (Phi) is 4.17.